The minimum Gasteiger partial charge on any atom is -0.325 e. The molecule has 1 atom stereocenters. The zero-order valence-electron chi connectivity index (χ0n) is 16.2. The van der Waals surface area contributed by atoms with Gasteiger partial charge in [-0.15, -0.1) is 11.8 Å². The van der Waals surface area contributed by atoms with Gasteiger partial charge in [0, 0.05) is 17.4 Å². The summed E-state index contributed by atoms with van der Waals surface area (Å²) in [5, 5.41) is 3.76. The third kappa shape index (κ3) is 4.41. The summed E-state index contributed by atoms with van der Waals surface area (Å²) < 4.78 is 1.63. The number of benzene rings is 2. The van der Waals surface area contributed by atoms with Crippen LogP contribution in [0.2, 0.25) is 0 Å². The third-order valence-electron chi connectivity index (χ3n) is 4.56. The second kappa shape index (κ2) is 8.47. The fourth-order valence-electron chi connectivity index (χ4n) is 3.17. The molecule has 1 unspecified atom stereocenters. The highest BCUT2D eigenvalue weighted by atomic mass is 32.2. The minimum atomic E-state index is -0.130. The van der Waals surface area contributed by atoms with E-state index in [0.29, 0.717) is 10.4 Å². The zero-order chi connectivity index (χ0) is 20.4. The van der Waals surface area contributed by atoms with Gasteiger partial charge in [-0.1, -0.05) is 54.6 Å². The summed E-state index contributed by atoms with van der Waals surface area (Å²) in [4.78, 5) is 31.1. The van der Waals surface area contributed by atoms with Crippen molar-refractivity contribution < 1.29 is 4.79 Å². The summed E-state index contributed by atoms with van der Waals surface area (Å²) in [5.74, 6) is 0.0449. The maximum absolute atomic E-state index is 13.2. The topological polar surface area (TPSA) is 64.0 Å². The molecule has 0 saturated heterocycles. The summed E-state index contributed by atoms with van der Waals surface area (Å²) in [6, 6.07) is 17.1. The van der Waals surface area contributed by atoms with Crippen LogP contribution in [0.5, 0.6) is 0 Å². The van der Waals surface area contributed by atoms with Crippen molar-refractivity contribution >= 4 is 35.1 Å². The first kappa shape index (κ1) is 19.8. The Morgan fingerprint density at radius 1 is 1.21 bits per heavy atom. The van der Waals surface area contributed by atoms with E-state index in [1.807, 2.05) is 61.5 Å². The molecule has 1 aliphatic heterocycles. The average Bonchev–Trinajstić information content (AvgIpc) is 3.09. The molecule has 0 aliphatic carbocycles. The lowest BCUT2D eigenvalue weighted by molar-refractivity contribution is -0.113. The van der Waals surface area contributed by atoms with E-state index in [1.165, 1.54) is 11.8 Å². The molecule has 0 radical (unpaired) electrons. The molecule has 0 saturated carbocycles. The van der Waals surface area contributed by atoms with Gasteiger partial charge < -0.3 is 5.32 Å². The normalized spacial score (nSPS) is 15.2. The van der Waals surface area contributed by atoms with Gasteiger partial charge in [0.25, 0.3) is 5.56 Å². The Morgan fingerprint density at radius 3 is 2.66 bits per heavy atom. The van der Waals surface area contributed by atoms with Crippen LogP contribution >= 0.6 is 23.5 Å². The first-order valence-electron chi connectivity index (χ1n) is 9.38. The molecule has 2 heterocycles. The molecular weight excluding hydrogens is 402 g/mol. The Hall–Kier alpha value is -2.51. The first-order valence-corrected chi connectivity index (χ1v) is 11.2. The van der Waals surface area contributed by atoms with Gasteiger partial charge in [-0.25, -0.2) is 4.98 Å². The molecule has 0 fully saturated rings. The lowest BCUT2D eigenvalue weighted by Crippen LogP contribution is -2.24. The molecule has 7 heteroatoms. The van der Waals surface area contributed by atoms with Crippen LogP contribution in [0.25, 0.3) is 5.69 Å². The third-order valence-corrected chi connectivity index (χ3v) is 6.72. The van der Waals surface area contributed by atoms with E-state index in [0.717, 1.165) is 33.9 Å². The van der Waals surface area contributed by atoms with E-state index in [4.69, 9.17) is 4.98 Å². The number of rotatable bonds is 5. The molecule has 29 heavy (non-hydrogen) atoms. The van der Waals surface area contributed by atoms with Gasteiger partial charge in [0.1, 0.15) is 0 Å². The smallest absolute Gasteiger partial charge is 0.272 e. The minimum absolute atomic E-state index is 0.0563. The molecule has 1 aliphatic rings. The van der Waals surface area contributed by atoms with Crippen molar-refractivity contribution in [2.75, 3.05) is 11.1 Å². The predicted octanol–water partition coefficient (Wildman–Crippen LogP) is 4.31. The molecule has 1 amide bonds. The van der Waals surface area contributed by atoms with Crippen molar-refractivity contribution in [1.29, 1.82) is 0 Å². The van der Waals surface area contributed by atoms with Gasteiger partial charge in [-0.05, 0) is 31.2 Å². The summed E-state index contributed by atoms with van der Waals surface area (Å²) in [6.45, 7) is 4.11. The number of carbonyl (C=O) groups excluding carboxylic acids is 1. The van der Waals surface area contributed by atoms with Gasteiger partial charge in [0.15, 0.2) is 5.16 Å². The van der Waals surface area contributed by atoms with Crippen LogP contribution in [0, 0.1) is 6.92 Å². The van der Waals surface area contributed by atoms with Crippen LogP contribution in [0.1, 0.15) is 18.2 Å². The van der Waals surface area contributed by atoms with E-state index < -0.39 is 0 Å². The molecule has 0 bridgehead atoms. The Morgan fingerprint density at radius 2 is 1.93 bits per heavy atom. The quantitative estimate of drug-likeness (QED) is 0.489. The highest BCUT2D eigenvalue weighted by molar-refractivity contribution is 8.00. The van der Waals surface area contributed by atoms with Crippen LogP contribution in [-0.4, -0.2) is 26.5 Å². The van der Waals surface area contributed by atoms with Crippen LogP contribution in [0.4, 0.5) is 5.69 Å². The fraction of sp³-hybridized carbons (Fsp3) is 0.227. The van der Waals surface area contributed by atoms with Crippen molar-refractivity contribution in [3.8, 4) is 5.69 Å². The van der Waals surface area contributed by atoms with E-state index in [9.17, 15) is 9.59 Å². The number of anilines is 1. The number of nitrogens with zero attached hydrogens (tertiary/aromatic N) is 2. The fourth-order valence-corrected chi connectivity index (χ4v) is 5.09. The van der Waals surface area contributed by atoms with Crippen LogP contribution in [0.15, 0.2) is 69.4 Å². The van der Waals surface area contributed by atoms with Gasteiger partial charge in [-0.3, -0.25) is 14.2 Å². The lowest BCUT2D eigenvalue weighted by Gasteiger charge is -2.14. The van der Waals surface area contributed by atoms with E-state index >= 15 is 0 Å². The van der Waals surface area contributed by atoms with Crippen LogP contribution in [-0.2, 0) is 11.2 Å². The SMILES string of the molecule is Cc1ccc(-n2c(SCC(=O)Nc3ccccc3)nc3c(c2=O)SC(C)C3)cc1. The first-order chi connectivity index (χ1) is 14.0. The zero-order valence-corrected chi connectivity index (χ0v) is 17.8. The second-order valence-electron chi connectivity index (χ2n) is 6.98. The summed E-state index contributed by atoms with van der Waals surface area (Å²) in [5.41, 5.74) is 3.42. The van der Waals surface area contributed by atoms with Gasteiger partial charge >= 0.3 is 0 Å². The van der Waals surface area contributed by atoms with Crippen molar-refractivity contribution in [3.63, 3.8) is 0 Å². The van der Waals surface area contributed by atoms with Gasteiger partial charge in [0.2, 0.25) is 5.91 Å². The van der Waals surface area contributed by atoms with Gasteiger partial charge in [0.05, 0.1) is 22.0 Å². The van der Waals surface area contributed by atoms with E-state index in [1.54, 1.807) is 16.3 Å². The molecular formula is C22H21N3O2S2. The average molecular weight is 424 g/mol. The summed E-state index contributed by atoms with van der Waals surface area (Å²) in [7, 11) is 0. The maximum atomic E-state index is 13.2. The Labute approximate surface area is 177 Å². The number of carbonyl (C=O) groups is 1. The number of hydrogen-bond donors (Lipinski definition) is 1. The van der Waals surface area contributed by atoms with Crippen molar-refractivity contribution in [1.82, 2.24) is 9.55 Å². The van der Waals surface area contributed by atoms with E-state index in [2.05, 4.69) is 12.2 Å². The number of amides is 1. The number of hydrogen-bond acceptors (Lipinski definition) is 5. The molecule has 4 rings (SSSR count). The Balaban J connectivity index is 1.64. The number of thioether (sulfide) groups is 2. The molecule has 148 valence electrons. The lowest BCUT2D eigenvalue weighted by atomic mass is 10.2. The summed E-state index contributed by atoms with van der Waals surface area (Å²) >= 11 is 2.87. The highest BCUT2D eigenvalue weighted by Gasteiger charge is 2.27. The second-order valence-corrected chi connectivity index (χ2v) is 9.37. The summed E-state index contributed by atoms with van der Waals surface area (Å²) in [6.07, 6.45) is 0.772. The van der Waals surface area contributed by atoms with Crippen molar-refractivity contribution in [3.05, 3.63) is 76.2 Å². The number of aromatic nitrogens is 2. The van der Waals surface area contributed by atoms with Crippen LogP contribution < -0.4 is 10.9 Å². The molecule has 1 N–H and O–H groups in total. The molecule has 2 aromatic carbocycles. The van der Waals surface area contributed by atoms with Gasteiger partial charge in [-0.2, -0.15) is 0 Å². The molecule has 5 nitrogen and oxygen atoms in total. The van der Waals surface area contributed by atoms with Crippen molar-refractivity contribution in [2.24, 2.45) is 0 Å². The van der Waals surface area contributed by atoms with E-state index in [-0.39, 0.29) is 17.2 Å². The number of aryl methyl sites for hydroxylation is 1. The largest absolute Gasteiger partial charge is 0.325 e. The molecule has 0 spiro atoms. The Kier molecular flexibility index (Phi) is 5.78. The maximum Gasteiger partial charge on any atom is 0.272 e. The Bertz CT molecular complexity index is 1100. The van der Waals surface area contributed by atoms with Crippen LogP contribution in [0.3, 0.4) is 0 Å². The molecule has 1 aromatic heterocycles. The number of para-hydroxylation sites is 1. The highest BCUT2D eigenvalue weighted by Crippen LogP contribution is 2.34. The molecule has 3 aromatic rings. The number of fused-ring (bicyclic) bond motifs is 1. The number of nitrogens with one attached hydrogen (secondary N) is 1. The monoisotopic (exact) mass is 423 g/mol. The standard InChI is InChI=1S/C22H21N3O2S2/c1-14-8-10-17(11-9-14)25-21(27)20-18(12-15(2)29-20)24-22(25)28-13-19(26)23-16-6-4-3-5-7-16/h3-11,15H,12-13H2,1-2H3,(H,23,26). The van der Waals surface area contributed by atoms with Crippen molar-refractivity contribution in [2.45, 2.75) is 35.6 Å². The predicted molar refractivity (Wildman–Crippen MR) is 119 cm³/mol.